The molecule has 2 amide bonds. The summed E-state index contributed by atoms with van der Waals surface area (Å²) in [4.78, 5) is 33.5. The minimum Gasteiger partial charge on any atom is -0.381 e. The number of hydrogen-bond donors (Lipinski definition) is 2. The van der Waals surface area contributed by atoms with Gasteiger partial charge in [-0.15, -0.1) is 0 Å². The van der Waals surface area contributed by atoms with Gasteiger partial charge in [-0.25, -0.2) is 4.98 Å². The number of nitrogens with zero attached hydrogens (tertiary/aromatic N) is 4. The van der Waals surface area contributed by atoms with Crippen LogP contribution in [0.15, 0.2) is 12.1 Å². The Balaban J connectivity index is 1.21. The van der Waals surface area contributed by atoms with Gasteiger partial charge in [0.25, 0.3) is 0 Å². The molecule has 172 valence electrons. The fourth-order valence-electron chi connectivity index (χ4n) is 4.99. The molecule has 0 saturated carbocycles. The largest absolute Gasteiger partial charge is 0.381 e. The number of amides is 2. The van der Waals surface area contributed by atoms with Crippen LogP contribution in [0.1, 0.15) is 56.6 Å². The summed E-state index contributed by atoms with van der Waals surface area (Å²) in [6, 6.07) is 4.51. The number of rotatable bonds is 5. The second kappa shape index (κ2) is 9.44. The second-order valence-electron chi connectivity index (χ2n) is 9.19. The zero-order valence-corrected chi connectivity index (χ0v) is 18.5. The van der Waals surface area contributed by atoms with Gasteiger partial charge in [0, 0.05) is 56.9 Å². The molecule has 0 radical (unpaired) electrons. The van der Waals surface area contributed by atoms with Crippen molar-refractivity contribution in [1.82, 2.24) is 25.0 Å². The minimum atomic E-state index is 0.0494. The van der Waals surface area contributed by atoms with Gasteiger partial charge in [-0.1, -0.05) is 6.42 Å². The van der Waals surface area contributed by atoms with Crippen molar-refractivity contribution in [1.29, 1.82) is 0 Å². The molecule has 3 fully saturated rings. The molecule has 0 spiro atoms. The quantitative estimate of drug-likeness (QED) is 0.739. The molecule has 3 aliphatic rings. The number of aromatic amines is 1. The van der Waals surface area contributed by atoms with Gasteiger partial charge in [0.05, 0.1) is 11.9 Å². The van der Waals surface area contributed by atoms with Gasteiger partial charge in [-0.2, -0.15) is 5.10 Å². The molecule has 1 atom stereocenters. The lowest BCUT2D eigenvalue weighted by molar-refractivity contribution is -0.139. The predicted molar refractivity (Wildman–Crippen MR) is 120 cm³/mol. The number of hydrogen-bond acceptors (Lipinski definition) is 6. The van der Waals surface area contributed by atoms with Gasteiger partial charge < -0.3 is 19.9 Å². The van der Waals surface area contributed by atoms with Crippen LogP contribution in [0, 0.1) is 0 Å². The third-order valence-corrected chi connectivity index (χ3v) is 6.96. The number of anilines is 1. The highest BCUT2D eigenvalue weighted by Crippen LogP contribution is 2.29. The standard InChI is InChI=1S/C23H32N6O3/c30-20-4-2-1-3-10-28(20)15-21(31)29-11-7-16(14-29)19-6-5-18-22(26-27-23(18)25-19)24-17-8-12-32-13-9-17/h5-6,16-17H,1-4,7-15H2,(H2,24,25,26,27). The summed E-state index contributed by atoms with van der Waals surface area (Å²) in [6.45, 7) is 3.84. The van der Waals surface area contributed by atoms with Crippen LogP contribution in [0.5, 0.6) is 0 Å². The number of nitrogens with one attached hydrogen (secondary N) is 2. The Morgan fingerprint density at radius 3 is 2.91 bits per heavy atom. The highest BCUT2D eigenvalue weighted by Gasteiger charge is 2.30. The van der Waals surface area contributed by atoms with E-state index in [1.807, 2.05) is 4.90 Å². The number of carbonyl (C=O) groups excluding carboxylic acids is 2. The molecule has 2 N–H and O–H groups in total. The van der Waals surface area contributed by atoms with E-state index in [2.05, 4.69) is 27.6 Å². The lowest BCUT2D eigenvalue weighted by atomic mass is 10.0. The molecular formula is C23H32N6O3. The first-order valence-electron chi connectivity index (χ1n) is 11.9. The Morgan fingerprint density at radius 2 is 2.03 bits per heavy atom. The molecular weight excluding hydrogens is 408 g/mol. The molecule has 2 aromatic heterocycles. The number of ether oxygens (including phenoxy) is 1. The van der Waals surface area contributed by atoms with Gasteiger partial charge in [0.1, 0.15) is 0 Å². The van der Waals surface area contributed by atoms with E-state index < -0.39 is 0 Å². The minimum absolute atomic E-state index is 0.0494. The van der Waals surface area contributed by atoms with Crippen LogP contribution in [0.2, 0.25) is 0 Å². The Labute approximate surface area is 187 Å². The van der Waals surface area contributed by atoms with E-state index in [1.54, 1.807) is 4.90 Å². The maximum absolute atomic E-state index is 12.8. The first-order valence-corrected chi connectivity index (χ1v) is 11.9. The summed E-state index contributed by atoms with van der Waals surface area (Å²) in [5.74, 6) is 1.21. The average molecular weight is 441 g/mol. The van der Waals surface area contributed by atoms with Crippen LogP contribution in [0.3, 0.4) is 0 Å². The van der Waals surface area contributed by atoms with Crippen molar-refractivity contribution in [2.45, 2.75) is 56.9 Å². The van der Waals surface area contributed by atoms with Gasteiger partial charge in [0.2, 0.25) is 11.8 Å². The van der Waals surface area contributed by atoms with Crippen LogP contribution in [-0.2, 0) is 14.3 Å². The molecule has 32 heavy (non-hydrogen) atoms. The van der Waals surface area contributed by atoms with Crippen molar-refractivity contribution < 1.29 is 14.3 Å². The maximum atomic E-state index is 12.8. The average Bonchev–Trinajstić information content (AvgIpc) is 3.41. The van der Waals surface area contributed by atoms with Crippen LogP contribution in [0.25, 0.3) is 11.0 Å². The second-order valence-corrected chi connectivity index (χ2v) is 9.19. The van der Waals surface area contributed by atoms with E-state index >= 15 is 0 Å². The summed E-state index contributed by atoms with van der Waals surface area (Å²) >= 11 is 0. The van der Waals surface area contributed by atoms with Crippen LogP contribution < -0.4 is 5.32 Å². The van der Waals surface area contributed by atoms with Crippen molar-refractivity contribution in [3.8, 4) is 0 Å². The first kappa shape index (κ1) is 21.2. The number of H-pyrrole nitrogens is 1. The number of fused-ring (bicyclic) bond motifs is 1. The molecule has 5 heterocycles. The summed E-state index contributed by atoms with van der Waals surface area (Å²) in [5.41, 5.74) is 1.76. The van der Waals surface area contributed by atoms with E-state index in [0.717, 1.165) is 74.3 Å². The van der Waals surface area contributed by atoms with E-state index in [4.69, 9.17) is 9.72 Å². The first-order chi connectivity index (χ1) is 15.7. The number of pyridine rings is 1. The van der Waals surface area contributed by atoms with Crippen LogP contribution >= 0.6 is 0 Å². The fourth-order valence-corrected chi connectivity index (χ4v) is 4.99. The molecule has 0 bridgehead atoms. The smallest absolute Gasteiger partial charge is 0.242 e. The SMILES string of the molecule is O=C1CCCCCN1CC(=O)N1CCC(c2ccc3c(NC4CCOCC4)n[nH]c3n2)C1. The molecule has 0 aromatic carbocycles. The van der Waals surface area contributed by atoms with Gasteiger partial charge in [-0.3, -0.25) is 14.7 Å². The lowest BCUT2D eigenvalue weighted by Gasteiger charge is -2.24. The highest BCUT2D eigenvalue weighted by molar-refractivity contribution is 5.87. The summed E-state index contributed by atoms with van der Waals surface area (Å²) < 4.78 is 5.43. The molecule has 1 unspecified atom stereocenters. The zero-order valence-electron chi connectivity index (χ0n) is 18.5. The third kappa shape index (κ3) is 4.57. The molecule has 0 aliphatic carbocycles. The van der Waals surface area contributed by atoms with E-state index in [1.165, 1.54) is 0 Å². The lowest BCUT2D eigenvalue weighted by Crippen LogP contribution is -2.41. The molecule has 9 heteroatoms. The van der Waals surface area contributed by atoms with Crippen molar-refractivity contribution in [3.05, 3.63) is 17.8 Å². The predicted octanol–water partition coefficient (Wildman–Crippen LogP) is 2.27. The summed E-state index contributed by atoms with van der Waals surface area (Å²) in [5, 5.41) is 12.0. The Bertz CT molecular complexity index is 970. The number of likely N-dealkylation sites (tertiary alicyclic amines) is 2. The molecule has 3 saturated heterocycles. The zero-order chi connectivity index (χ0) is 21.9. The van der Waals surface area contributed by atoms with Crippen LogP contribution in [0.4, 0.5) is 5.82 Å². The third-order valence-electron chi connectivity index (χ3n) is 6.96. The van der Waals surface area contributed by atoms with E-state index in [9.17, 15) is 9.59 Å². The molecule has 9 nitrogen and oxygen atoms in total. The normalized spacial score (nSPS) is 23.0. The monoisotopic (exact) mass is 440 g/mol. The summed E-state index contributed by atoms with van der Waals surface area (Å²) in [7, 11) is 0. The molecule has 3 aliphatic heterocycles. The van der Waals surface area contributed by atoms with Gasteiger partial charge in [-0.05, 0) is 44.2 Å². The van der Waals surface area contributed by atoms with Crippen molar-refractivity contribution in [2.24, 2.45) is 0 Å². The van der Waals surface area contributed by atoms with Crippen molar-refractivity contribution in [3.63, 3.8) is 0 Å². The van der Waals surface area contributed by atoms with Gasteiger partial charge in [0.15, 0.2) is 11.5 Å². The Hall–Kier alpha value is -2.68. The Morgan fingerprint density at radius 1 is 1.16 bits per heavy atom. The summed E-state index contributed by atoms with van der Waals surface area (Å²) in [6.07, 6.45) is 6.40. The van der Waals surface area contributed by atoms with Gasteiger partial charge >= 0.3 is 0 Å². The molecule has 2 aromatic rings. The maximum Gasteiger partial charge on any atom is 0.242 e. The van der Waals surface area contributed by atoms with Crippen molar-refractivity contribution in [2.75, 3.05) is 44.7 Å². The topological polar surface area (TPSA) is 103 Å². The highest BCUT2D eigenvalue weighted by atomic mass is 16.5. The van der Waals surface area contributed by atoms with E-state index in [0.29, 0.717) is 32.1 Å². The fraction of sp³-hybridized carbons (Fsp3) is 0.652. The number of carbonyl (C=O) groups is 2. The Kier molecular flexibility index (Phi) is 6.25. The van der Waals surface area contributed by atoms with Crippen LogP contribution in [-0.4, -0.2) is 82.2 Å². The van der Waals surface area contributed by atoms with Crippen molar-refractivity contribution >= 4 is 28.7 Å². The molecule has 5 rings (SSSR count). The number of aromatic nitrogens is 3. The van der Waals surface area contributed by atoms with E-state index in [-0.39, 0.29) is 24.3 Å².